The van der Waals surface area contributed by atoms with Crippen LogP contribution in [0.3, 0.4) is 0 Å². The van der Waals surface area contributed by atoms with Gasteiger partial charge in [-0.1, -0.05) is 12.1 Å². The molecule has 3 heterocycles. The smallest absolute Gasteiger partial charge is 0.385 e. The molecule has 0 spiro atoms. The number of aromatic nitrogens is 4. The topological polar surface area (TPSA) is 172 Å². The van der Waals surface area contributed by atoms with E-state index in [9.17, 15) is 19.2 Å². The molecule has 0 aliphatic carbocycles. The average molecular weight is 441 g/mol. The van der Waals surface area contributed by atoms with E-state index in [4.69, 9.17) is 14.5 Å². The average Bonchev–Trinajstić information content (AvgIpc) is 3.23. The van der Waals surface area contributed by atoms with E-state index < -0.39 is 32.5 Å². The summed E-state index contributed by atoms with van der Waals surface area (Å²) < 4.78 is 35.0. The number of imidazole rings is 1. The van der Waals surface area contributed by atoms with Crippen molar-refractivity contribution in [3.63, 3.8) is 0 Å². The van der Waals surface area contributed by atoms with Crippen LogP contribution in [0.2, 0.25) is 0 Å². The molecule has 5 N–H and O–H groups in total. The van der Waals surface area contributed by atoms with Gasteiger partial charge in [-0.05, 0) is 17.7 Å². The molecule has 12 nitrogen and oxygen atoms in total. The van der Waals surface area contributed by atoms with E-state index in [0.29, 0.717) is 17.9 Å². The first-order chi connectivity index (χ1) is 14.2. The normalized spacial score (nSPS) is 24.4. The molecular formula is C16H17FN5O7P. The lowest BCUT2D eigenvalue weighted by Crippen LogP contribution is -2.32. The van der Waals surface area contributed by atoms with E-state index in [2.05, 4.69) is 24.8 Å². The standard InChI is InChI=1S/C16H17FN5O7P/c17-9-3-1-8(2-4-9)5-18-13-10-14(20-6-19-13)22(7-21-10)15-11(23)12(24)16(28-15)29-30(25,26)27/h1-4,6-7,11-12,15-16,23-24H,5H2,(H,18,19,20)(H2,25,26,27). The summed E-state index contributed by atoms with van der Waals surface area (Å²) in [6.07, 6.45) is -3.76. The number of aliphatic hydroxyl groups excluding tert-OH is 2. The predicted octanol–water partition coefficient (Wildman–Crippen LogP) is 0.263. The Morgan fingerprint density at radius 3 is 2.60 bits per heavy atom. The molecule has 160 valence electrons. The minimum absolute atomic E-state index is 0.236. The van der Waals surface area contributed by atoms with E-state index in [1.54, 1.807) is 12.1 Å². The van der Waals surface area contributed by atoms with Crippen LogP contribution >= 0.6 is 7.82 Å². The van der Waals surface area contributed by atoms with Gasteiger partial charge in [0.1, 0.15) is 24.4 Å². The van der Waals surface area contributed by atoms with Crippen molar-refractivity contribution in [2.75, 3.05) is 5.32 Å². The van der Waals surface area contributed by atoms with Crippen LogP contribution in [0.4, 0.5) is 10.2 Å². The SMILES string of the molecule is O=P(O)(O)OC1OC(n2cnc3c(NCc4ccc(F)cc4)ncnc32)C(O)C1O. The number of aliphatic hydroxyl groups is 2. The lowest BCUT2D eigenvalue weighted by atomic mass is 10.2. The molecule has 30 heavy (non-hydrogen) atoms. The summed E-state index contributed by atoms with van der Waals surface area (Å²) >= 11 is 0. The van der Waals surface area contributed by atoms with Crippen molar-refractivity contribution in [3.8, 4) is 0 Å². The Labute approximate surface area is 168 Å². The molecule has 1 aliphatic rings. The quantitative estimate of drug-likeness (QED) is 0.332. The van der Waals surface area contributed by atoms with Crippen LogP contribution in [0.1, 0.15) is 11.8 Å². The van der Waals surface area contributed by atoms with Crippen LogP contribution in [-0.4, -0.2) is 58.0 Å². The number of anilines is 1. The molecule has 0 saturated carbocycles. The summed E-state index contributed by atoms with van der Waals surface area (Å²) in [5.74, 6) is 0.0133. The number of phosphoric ester groups is 1. The molecule has 14 heteroatoms. The number of ether oxygens (including phenoxy) is 1. The van der Waals surface area contributed by atoms with Gasteiger partial charge in [0.15, 0.2) is 29.5 Å². The first kappa shape index (κ1) is 20.8. The number of phosphoric acid groups is 1. The molecule has 4 atom stereocenters. The fraction of sp³-hybridized carbons (Fsp3) is 0.312. The van der Waals surface area contributed by atoms with E-state index in [1.165, 1.54) is 29.4 Å². The van der Waals surface area contributed by atoms with Crippen LogP contribution in [0, 0.1) is 5.82 Å². The second-order valence-corrected chi connectivity index (χ2v) is 7.69. The van der Waals surface area contributed by atoms with E-state index >= 15 is 0 Å². The van der Waals surface area contributed by atoms with Gasteiger partial charge in [0.2, 0.25) is 0 Å². The van der Waals surface area contributed by atoms with Gasteiger partial charge in [-0.15, -0.1) is 0 Å². The van der Waals surface area contributed by atoms with Gasteiger partial charge < -0.3 is 30.1 Å². The third kappa shape index (κ3) is 4.18. The van der Waals surface area contributed by atoms with E-state index in [1.807, 2.05) is 0 Å². The summed E-state index contributed by atoms with van der Waals surface area (Å²) in [4.78, 5) is 30.3. The molecule has 4 rings (SSSR count). The third-order valence-electron chi connectivity index (χ3n) is 4.44. The molecule has 4 unspecified atom stereocenters. The first-order valence-electron chi connectivity index (χ1n) is 8.64. The number of fused-ring (bicyclic) bond motifs is 1. The zero-order valence-electron chi connectivity index (χ0n) is 15.1. The van der Waals surface area contributed by atoms with Gasteiger partial charge in [-0.25, -0.2) is 23.9 Å². The van der Waals surface area contributed by atoms with Crippen molar-refractivity contribution in [3.05, 3.63) is 48.3 Å². The largest absolute Gasteiger partial charge is 0.472 e. The highest BCUT2D eigenvalue weighted by atomic mass is 31.2. The number of nitrogens with zero attached hydrogens (tertiary/aromatic N) is 4. The van der Waals surface area contributed by atoms with Gasteiger partial charge in [0.05, 0.1) is 6.33 Å². The Hall–Kier alpha value is -2.51. The van der Waals surface area contributed by atoms with Crippen LogP contribution in [0.15, 0.2) is 36.9 Å². The van der Waals surface area contributed by atoms with Gasteiger partial charge in [0.25, 0.3) is 0 Å². The molecule has 1 aromatic carbocycles. The van der Waals surface area contributed by atoms with Gasteiger partial charge >= 0.3 is 7.82 Å². The minimum atomic E-state index is -4.96. The van der Waals surface area contributed by atoms with Crippen LogP contribution in [0.25, 0.3) is 11.2 Å². The monoisotopic (exact) mass is 441 g/mol. The van der Waals surface area contributed by atoms with Crippen molar-refractivity contribution in [2.24, 2.45) is 0 Å². The lowest BCUT2D eigenvalue weighted by molar-refractivity contribution is -0.134. The first-order valence-corrected chi connectivity index (χ1v) is 10.2. The Balaban J connectivity index is 1.57. The second-order valence-electron chi connectivity index (χ2n) is 6.50. The Morgan fingerprint density at radius 1 is 1.17 bits per heavy atom. The minimum Gasteiger partial charge on any atom is -0.385 e. The maximum absolute atomic E-state index is 13.0. The Kier molecular flexibility index (Phi) is 5.51. The molecular weight excluding hydrogens is 424 g/mol. The lowest BCUT2D eigenvalue weighted by Gasteiger charge is -2.16. The van der Waals surface area contributed by atoms with Crippen molar-refractivity contribution in [1.82, 2.24) is 19.5 Å². The van der Waals surface area contributed by atoms with Gasteiger partial charge in [0, 0.05) is 6.54 Å². The predicted molar refractivity (Wildman–Crippen MR) is 98.1 cm³/mol. The van der Waals surface area contributed by atoms with Gasteiger partial charge in [-0.3, -0.25) is 9.09 Å². The number of nitrogens with one attached hydrogen (secondary N) is 1. The maximum Gasteiger partial charge on any atom is 0.472 e. The number of halogens is 1. The Morgan fingerprint density at radius 2 is 1.90 bits per heavy atom. The summed E-state index contributed by atoms with van der Waals surface area (Å²) in [6.45, 7) is 0.332. The maximum atomic E-state index is 13.0. The highest BCUT2D eigenvalue weighted by Crippen LogP contribution is 2.43. The highest BCUT2D eigenvalue weighted by Gasteiger charge is 2.47. The number of rotatable bonds is 6. The summed E-state index contributed by atoms with van der Waals surface area (Å²) in [7, 11) is -4.96. The van der Waals surface area contributed by atoms with Crippen LogP contribution < -0.4 is 5.32 Å². The van der Waals surface area contributed by atoms with Crippen LogP contribution in [-0.2, 0) is 20.4 Å². The highest BCUT2D eigenvalue weighted by molar-refractivity contribution is 7.46. The molecule has 2 aromatic heterocycles. The van der Waals surface area contributed by atoms with Crippen molar-refractivity contribution in [1.29, 1.82) is 0 Å². The molecule has 1 fully saturated rings. The zero-order chi connectivity index (χ0) is 21.5. The third-order valence-corrected chi connectivity index (χ3v) is 4.92. The molecule has 0 amide bonds. The molecule has 0 radical (unpaired) electrons. The van der Waals surface area contributed by atoms with E-state index in [-0.39, 0.29) is 11.5 Å². The summed E-state index contributed by atoms with van der Waals surface area (Å²) in [5.41, 5.74) is 1.36. The van der Waals surface area contributed by atoms with Crippen LogP contribution in [0.5, 0.6) is 0 Å². The molecule has 3 aromatic rings. The molecule has 1 saturated heterocycles. The fourth-order valence-electron chi connectivity index (χ4n) is 3.04. The summed E-state index contributed by atoms with van der Waals surface area (Å²) in [5, 5.41) is 23.3. The van der Waals surface area contributed by atoms with Crippen molar-refractivity contribution in [2.45, 2.75) is 31.3 Å². The summed E-state index contributed by atoms with van der Waals surface area (Å²) in [6, 6.07) is 5.90. The number of benzene rings is 1. The number of hydrogen-bond donors (Lipinski definition) is 5. The van der Waals surface area contributed by atoms with Gasteiger partial charge in [-0.2, -0.15) is 0 Å². The fourth-order valence-corrected chi connectivity index (χ4v) is 3.48. The van der Waals surface area contributed by atoms with E-state index in [0.717, 1.165) is 5.56 Å². The number of hydrogen-bond acceptors (Lipinski definition) is 9. The zero-order valence-corrected chi connectivity index (χ0v) is 16.0. The molecule has 1 aliphatic heterocycles. The Bertz CT molecular complexity index is 1090. The van der Waals surface area contributed by atoms with Crippen molar-refractivity contribution >= 4 is 24.8 Å². The molecule has 0 bridgehead atoms. The van der Waals surface area contributed by atoms with Crippen molar-refractivity contribution < 1.29 is 38.2 Å². The second kappa shape index (κ2) is 7.96.